The van der Waals surface area contributed by atoms with E-state index in [1.54, 1.807) is 6.07 Å². The zero-order chi connectivity index (χ0) is 9.84. The van der Waals surface area contributed by atoms with Gasteiger partial charge < -0.3 is 5.73 Å². The van der Waals surface area contributed by atoms with Crippen molar-refractivity contribution in [2.45, 2.75) is 13.3 Å². The fourth-order valence-electron chi connectivity index (χ4n) is 1.16. The molecule has 1 nitrogen and oxygen atoms in total. The first kappa shape index (κ1) is 10.8. The summed E-state index contributed by atoms with van der Waals surface area (Å²) in [6, 6.07) is 5.69. The number of rotatable bonds is 3. The molecule has 0 spiro atoms. The van der Waals surface area contributed by atoms with E-state index >= 15 is 0 Å². The Labute approximate surface area is 88.8 Å². The summed E-state index contributed by atoms with van der Waals surface area (Å²) in [6.45, 7) is 2.76. The molecule has 0 fully saturated rings. The molecule has 0 aliphatic heterocycles. The molecule has 0 aromatic heterocycles. The van der Waals surface area contributed by atoms with Crippen LogP contribution in [0, 0.1) is 5.92 Å². The van der Waals surface area contributed by atoms with Crippen molar-refractivity contribution in [3.63, 3.8) is 0 Å². The summed E-state index contributed by atoms with van der Waals surface area (Å²) in [5, 5.41) is 1.27. The van der Waals surface area contributed by atoms with Crippen molar-refractivity contribution in [1.82, 2.24) is 0 Å². The van der Waals surface area contributed by atoms with Gasteiger partial charge in [-0.3, -0.25) is 0 Å². The molecule has 13 heavy (non-hydrogen) atoms. The Morgan fingerprint density at radius 1 is 1.38 bits per heavy atom. The molecule has 0 aliphatic rings. The third-order valence-corrected chi connectivity index (χ3v) is 2.86. The third-order valence-electron chi connectivity index (χ3n) is 2.00. The van der Waals surface area contributed by atoms with Gasteiger partial charge in [0.25, 0.3) is 0 Å². The van der Waals surface area contributed by atoms with Gasteiger partial charge in [-0.25, -0.2) is 0 Å². The summed E-state index contributed by atoms with van der Waals surface area (Å²) in [5.74, 6) is 0.441. The Hall–Kier alpha value is -0.240. The van der Waals surface area contributed by atoms with Crippen LogP contribution in [0.1, 0.15) is 12.5 Å². The molecule has 3 heteroatoms. The van der Waals surface area contributed by atoms with Crippen LogP contribution in [0.5, 0.6) is 0 Å². The Bertz CT molecular complexity index is 286. The van der Waals surface area contributed by atoms with Gasteiger partial charge in [-0.05, 0) is 30.5 Å². The molecule has 1 unspecified atom stereocenters. The maximum Gasteiger partial charge on any atom is 0.0624 e. The standard InChI is InChI=1S/C10H13Cl2N/c1-7(6-13)5-8-3-2-4-9(11)10(8)12/h2-4,7H,5-6,13H2,1H3. The van der Waals surface area contributed by atoms with Crippen LogP contribution in [0.15, 0.2) is 18.2 Å². The highest BCUT2D eigenvalue weighted by Gasteiger charge is 2.07. The van der Waals surface area contributed by atoms with Crippen LogP contribution < -0.4 is 5.73 Å². The first-order valence-corrected chi connectivity index (χ1v) is 5.03. The quantitative estimate of drug-likeness (QED) is 0.828. The van der Waals surface area contributed by atoms with E-state index in [-0.39, 0.29) is 0 Å². The lowest BCUT2D eigenvalue weighted by Crippen LogP contribution is -2.13. The molecule has 1 aromatic rings. The topological polar surface area (TPSA) is 26.0 Å². The van der Waals surface area contributed by atoms with Gasteiger partial charge >= 0.3 is 0 Å². The largest absolute Gasteiger partial charge is 0.330 e. The minimum atomic E-state index is 0.441. The minimum Gasteiger partial charge on any atom is -0.330 e. The van der Waals surface area contributed by atoms with Gasteiger partial charge in [0.2, 0.25) is 0 Å². The van der Waals surface area contributed by atoms with Crippen LogP contribution in [-0.2, 0) is 6.42 Å². The van der Waals surface area contributed by atoms with Gasteiger partial charge in [0.1, 0.15) is 0 Å². The van der Waals surface area contributed by atoms with E-state index in [0.29, 0.717) is 22.5 Å². The number of halogens is 2. The molecular formula is C10H13Cl2N. The Kier molecular flexibility index (Phi) is 4.04. The predicted octanol–water partition coefficient (Wildman–Crippen LogP) is 3.13. The third kappa shape index (κ3) is 2.87. The summed E-state index contributed by atoms with van der Waals surface area (Å²) in [6.07, 6.45) is 0.885. The lowest BCUT2D eigenvalue weighted by atomic mass is 10.0. The predicted molar refractivity (Wildman–Crippen MR) is 58.4 cm³/mol. The Morgan fingerprint density at radius 3 is 2.69 bits per heavy atom. The van der Waals surface area contributed by atoms with Crippen LogP contribution in [0.25, 0.3) is 0 Å². The molecule has 0 heterocycles. The Morgan fingerprint density at radius 2 is 2.08 bits per heavy atom. The van der Waals surface area contributed by atoms with Crippen molar-refractivity contribution in [2.24, 2.45) is 11.7 Å². The second-order valence-electron chi connectivity index (χ2n) is 3.26. The van der Waals surface area contributed by atoms with Gasteiger partial charge in [-0.2, -0.15) is 0 Å². The maximum absolute atomic E-state index is 6.02. The van der Waals surface area contributed by atoms with Crippen LogP contribution in [0.3, 0.4) is 0 Å². The summed E-state index contributed by atoms with van der Waals surface area (Å²) in [7, 11) is 0. The van der Waals surface area contributed by atoms with Gasteiger partial charge in [0, 0.05) is 0 Å². The first-order valence-electron chi connectivity index (χ1n) is 4.28. The van der Waals surface area contributed by atoms with E-state index in [2.05, 4.69) is 6.92 Å². The minimum absolute atomic E-state index is 0.441. The Balaban J connectivity index is 2.83. The van der Waals surface area contributed by atoms with Gasteiger partial charge in [0.05, 0.1) is 10.0 Å². The molecule has 0 amide bonds. The number of hydrogen-bond acceptors (Lipinski definition) is 1. The lowest BCUT2D eigenvalue weighted by Gasteiger charge is -2.10. The van der Waals surface area contributed by atoms with Gasteiger partial charge in [0.15, 0.2) is 0 Å². The summed E-state index contributed by atoms with van der Waals surface area (Å²) < 4.78 is 0. The second kappa shape index (κ2) is 4.85. The second-order valence-corrected chi connectivity index (χ2v) is 4.04. The van der Waals surface area contributed by atoms with E-state index in [0.717, 1.165) is 12.0 Å². The fourth-order valence-corrected chi connectivity index (χ4v) is 1.56. The molecule has 1 rings (SSSR count). The maximum atomic E-state index is 6.02. The molecule has 0 saturated heterocycles. The zero-order valence-corrected chi connectivity index (χ0v) is 9.07. The van der Waals surface area contributed by atoms with Crippen LogP contribution >= 0.6 is 23.2 Å². The average molecular weight is 218 g/mol. The monoisotopic (exact) mass is 217 g/mol. The van der Waals surface area contributed by atoms with Crippen molar-refractivity contribution in [1.29, 1.82) is 0 Å². The molecule has 0 radical (unpaired) electrons. The molecule has 0 aliphatic carbocycles. The smallest absolute Gasteiger partial charge is 0.0624 e. The number of benzene rings is 1. The molecule has 2 N–H and O–H groups in total. The van der Waals surface area contributed by atoms with Crippen molar-refractivity contribution in [3.8, 4) is 0 Å². The van der Waals surface area contributed by atoms with Crippen molar-refractivity contribution >= 4 is 23.2 Å². The van der Waals surface area contributed by atoms with E-state index < -0.39 is 0 Å². The highest BCUT2D eigenvalue weighted by atomic mass is 35.5. The van der Waals surface area contributed by atoms with E-state index in [1.165, 1.54) is 0 Å². The summed E-state index contributed by atoms with van der Waals surface area (Å²) in [5.41, 5.74) is 6.61. The average Bonchev–Trinajstić information content (AvgIpc) is 2.13. The van der Waals surface area contributed by atoms with Crippen LogP contribution in [-0.4, -0.2) is 6.54 Å². The van der Waals surface area contributed by atoms with Gasteiger partial charge in [-0.1, -0.05) is 42.3 Å². The number of nitrogens with two attached hydrogens (primary N) is 1. The van der Waals surface area contributed by atoms with Crippen LogP contribution in [0.4, 0.5) is 0 Å². The molecule has 1 atom stereocenters. The first-order chi connectivity index (χ1) is 6.15. The molecule has 72 valence electrons. The fraction of sp³-hybridized carbons (Fsp3) is 0.400. The van der Waals surface area contributed by atoms with Crippen molar-refractivity contribution in [2.75, 3.05) is 6.54 Å². The highest BCUT2D eigenvalue weighted by Crippen LogP contribution is 2.26. The van der Waals surface area contributed by atoms with E-state index in [4.69, 9.17) is 28.9 Å². The van der Waals surface area contributed by atoms with Crippen LogP contribution in [0.2, 0.25) is 10.0 Å². The SMILES string of the molecule is CC(CN)Cc1cccc(Cl)c1Cl. The van der Waals surface area contributed by atoms with Gasteiger partial charge in [-0.15, -0.1) is 0 Å². The summed E-state index contributed by atoms with van der Waals surface area (Å²) >= 11 is 11.9. The number of hydrogen-bond donors (Lipinski definition) is 1. The lowest BCUT2D eigenvalue weighted by molar-refractivity contribution is 0.593. The highest BCUT2D eigenvalue weighted by molar-refractivity contribution is 6.42. The normalized spacial score (nSPS) is 12.9. The molecular weight excluding hydrogens is 205 g/mol. The van der Waals surface area contributed by atoms with Crippen molar-refractivity contribution < 1.29 is 0 Å². The molecule has 0 bridgehead atoms. The van der Waals surface area contributed by atoms with Crippen molar-refractivity contribution in [3.05, 3.63) is 33.8 Å². The van der Waals surface area contributed by atoms with E-state index in [1.807, 2.05) is 12.1 Å². The molecule has 1 aromatic carbocycles. The van der Waals surface area contributed by atoms with E-state index in [9.17, 15) is 0 Å². The zero-order valence-electron chi connectivity index (χ0n) is 7.56. The molecule has 0 saturated carbocycles. The summed E-state index contributed by atoms with van der Waals surface area (Å²) in [4.78, 5) is 0.